The lowest BCUT2D eigenvalue weighted by Crippen LogP contribution is -2.48. The fourth-order valence-corrected chi connectivity index (χ4v) is 2.78. The van der Waals surface area contributed by atoms with Crippen molar-refractivity contribution >= 4 is 49.1 Å². The molecule has 0 bridgehead atoms. The SMILES string of the molecule is O=Cc1ccc(NC(C=O)(C=O)CCC(C=O)(C=O)Nc2ccc(C=O)cc2)cc1. The van der Waals surface area contributed by atoms with Gasteiger partial charge in [0.25, 0.3) is 0 Å². The van der Waals surface area contributed by atoms with Crippen molar-refractivity contribution in [3.05, 3.63) is 59.7 Å². The van der Waals surface area contributed by atoms with Gasteiger partial charge in [-0.1, -0.05) is 0 Å². The molecule has 0 aromatic heterocycles. The summed E-state index contributed by atoms with van der Waals surface area (Å²) in [5, 5.41) is 5.58. The number of rotatable bonds is 13. The van der Waals surface area contributed by atoms with Crippen LogP contribution in [0.4, 0.5) is 11.4 Å². The summed E-state index contributed by atoms with van der Waals surface area (Å²) in [6.45, 7) is 0. The van der Waals surface area contributed by atoms with Crippen LogP contribution < -0.4 is 10.6 Å². The van der Waals surface area contributed by atoms with Gasteiger partial charge in [-0.2, -0.15) is 0 Å². The summed E-state index contributed by atoms with van der Waals surface area (Å²) in [6, 6.07) is 12.2. The maximum atomic E-state index is 11.7. The predicted molar refractivity (Wildman–Crippen MR) is 110 cm³/mol. The summed E-state index contributed by atoms with van der Waals surface area (Å²) in [7, 11) is 0. The third-order valence-electron chi connectivity index (χ3n) is 4.64. The third-order valence-corrected chi connectivity index (χ3v) is 4.64. The minimum Gasteiger partial charge on any atom is -0.367 e. The van der Waals surface area contributed by atoms with E-state index in [0.717, 1.165) is 0 Å². The van der Waals surface area contributed by atoms with Gasteiger partial charge in [-0.05, 0) is 61.4 Å². The van der Waals surface area contributed by atoms with E-state index in [2.05, 4.69) is 10.6 Å². The maximum absolute atomic E-state index is 11.7. The van der Waals surface area contributed by atoms with Gasteiger partial charge in [-0.3, -0.25) is 9.59 Å². The summed E-state index contributed by atoms with van der Waals surface area (Å²) >= 11 is 0. The predicted octanol–water partition coefficient (Wildman–Crippen LogP) is 1.89. The van der Waals surface area contributed by atoms with Crippen molar-refractivity contribution in [1.29, 1.82) is 0 Å². The minimum atomic E-state index is -1.68. The summed E-state index contributed by atoms with van der Waals surface area (Å²) in [4.78, 5) is 68.4. The summed E-state index contributed by atoms with van der Waals surface area (Å²) in [6.07, 6.45) is 2.64. The highest BCUT2D eigenvalue weighted by Crippen LogP contribution is 2.24. The Morgan fingerprint density at radius 3 is 1.07 bits per heavy atom. The Morgan fingerprint density at radius 2 is 0.833 bits per heavy atom. The maximum Gasteiger partial charge on any atom is 0.152 e. The summed E-state index contributed by atoms with van der Waals surface area (Å²) < 4.78 is 0. The number of anilines is 2. The second-order valence-corrected chi connectivity index (χ2v) is 6.78. The Hall–Kier alpha value is -3.94. The van der Waals surface area contributed by atoms with Gasteiger partial charge in [-0.15, -0.1) is 0 Å². The lowest BCUT2D eigenvalue weighted by atomic mass is 9.87. The second kappa shape index (κ2) is 10.0. The Morgan fingerprint density at radius 1 is 0.533 bits per heavy atom. The number of benzene rings is 2. The fourth-order valence-electron chi connectivity index (χ4n) is 2.78. The molecule has 0 saturated carbocycles. The molecule has 0 amide bonds. The van der Waals surface area contributed by atoms with E-state index in [9.17, 15) is 28.8 Å². The molecule has 0 unspecified atom stereocenters. The van der Waals surface area contributed by atoms with Crippen molar-refractivity contribution in [2.24, 2.45) is 0 Å². The van der Waals surface area contributed by atoms with Crippen LogP contribution in [0, 0.1) is 0 Å². The highest BCUT2D eigenvalue weighted by atomic mass is 16.1. The fraction of sp³-hybridized carbons (Fsp3) is 0.182. The van der Waals surface area contributed by atoms with Crippen LogP contribution in [0.2, 0.25) is 0 Å². The van der Waals surface area contributed by atoms with Crippen LogP contribution in [0.3, 0.4) is 0 Å². The summed E-state index contributed by atoms with van der Waals surface area (Å²) in [5.74, 6) is 0. The molecule has 0 aliphatic heterocycles. The molecule has 0 aliphatic rings. The van der Waals surface area contributed by atoms with Gasteiger partial charge in [0.2, 0.25) is 0 Å². The molecule has 8 heteroatoms. The Labute approximate surface area is 172 Å². The molecule has 0 saturated heterocycles. The first kappa shape index (κ1) is 22.4. The lowest BCUT2D eigenvalue weighted by Gasteiger charge is -2.30. The smallest absolute Gasteiger partial charge is 0.152 e. The number of hydrogen-bond acceptors (Lipinski definition) is 8. The molecule has 0 fully saturated rings. The van der Waals surface area contributed by atoms with Gasteiger partial charge in [0.15, 0.2) is 25.1 Å². The molecular formula is C22H20N2O6. The minimum absolute atomic E-state index is 0.160. The van der Waals surface area contributed by atoms with Crippen LogP contribution >= 0.6 is 0 Å². The molecule has 0 spiro atoms. The molecule has 0 radical (unpaired) electrons. The molecule has 2 rings (SSSR count). The van der Waals surface area contributed by atoms with Crippen molar-refractivity contribution in [3.8, 4) is 0 Å². The van der Waals surface area contributed by atoms with E-state index >= 15 is 0 Å². The zero-order valence-corrected chi connectivity index (χ0v) is 15.9. The van der Waals surface area contributed by atoms with Crippen LogP contribution in [0.1, 0.15) is 33.6 Å². The molecule has 2 N–H and O–H groups in total. The molecule has 8 nitrogen and oxygen atoms in total. The van der Waals surface area contributed by atoms with E-state index in [1.807, 2.05) is 0 Å². The molecule has 30 heavy (non-hydrogen) atoms. The Bertz CT molecular complexity index is 828. The normalized spacial score (nSPS) is 11.1. The van der Waals surface area contributed by atoms with Crippen LogP contribution in [0.5, 0.6) is 0 Å². The average Bonchev–Trinajstić information content (AvgIpc) is 2.81. The van der Waals surface area contributed by atoms with E-state index in [4.69, 9.17) is 0 Å². The first-order chi connectivity index (χ1) is 14.5. The average molecular weight is 408 g/mol. The van der Waals surface area contributed by atoms with Crippen molar-refractivity contribution in [2.75, 3.05) is 10.6 Å². The quantitative estimate of drug-likeness (QED) is 0.380. The number of hydrogen-bond donors (Lipinski definition) is 2. The van der Waals surface area contributed by atoms with E-state index in [-0.39, 0.29) is 12.8 Å². The standard InChI is InChI=1S/C22H20N2O6/c25-11-17-1-5-19(6-2-17)23-21(13-27,14-28)9-10-22(15-29,16-30)24-20-7-3-18(12-26)4-8-20/h1-8,11-16,23-24H,9-10H2. The summed E-state index contributed by atoms with van der Waals surface area (Å²) in [5.41, 5.74) is -1.67. The molecule has 154 valence electrons. The van der Waals surface area contributed by atoms with Gasteiger partial charge in [-0.25, -0.2) is 0 Å². The molecule has 2 aromatic rings. The number of nitrogens with one attached hydrogen (secondary N) is 2. The monoisotopic (exact) mass is 408 g/mol. The number of aldehydes is 6. The van der Waals surface area contributed by atoms with Gasteiger partial charge in [0.1, 0.15) is 23.7 Å². The Balaban J connectivity index is 2.20. The van der Waals surface area contributed by atoms with E-state index < -0.39 is 11.1 Å². The van der Waals surface area contributed by atoms with Crippen LogP contribution in [-0.2, 0) is 19.2 Å². The van der Waals surface area contributed by atoms with Crippen LogP contribution in [-0.4, -0.2) is 48.8 Å². The largest absolute Gasteiger partial charge is 0.367 e. The van der Waals surface area contributed by atoms with Crippen LogP contribution in [0.25, 0.3) is 0 Å². The molecular weight excluding hydrogens is 388 g/mol. The van der Waals surface area contributed by atoms with E-state index in [0.29, 0.717) is 60.2 Å². The first-order valence-electron chi connectivity index (χ1n) is 9.00. The van der Waals surface area contributed by atoms with Gasteiger partial charge in [0, 0.05) is 22.5 Å². The highest BCUT2D eigenvalue weighted by molar-refractivity contribution is 5.96. The topological polar surface area (TPSA) is 126 Å². The Kier molecular flexibility index (Phi) is 7.46. The molecule has 0 atom stereocenters. The molecule has 2 aromatic carbocycles. The second-order valence-electron chi connectivity index (χ2n) is 6.78. The van der Waals surface area contributed by atoms with E-state index in [1.54, 1.807) is 0 Å². The van der Waals surface area contributed by atoms with Crippen molar-refractivity contribution < 1.29 is 28.8 Å². The number of carbonyl (C=O) groups is 6. The van der Waals surface area contributed by atoms with Crippen molar-refractivity contribution in [3.63, 3.8) is 0 Å². The third kappa shape index (κ3) is 5.32. The van der Waals surface area contributed by atoms with Gasteiger partial charge >= 0.3 is 0 Å². The van der Waals surface area contributed by atoms with Crippen molar-refractivity contribution in [2.45, 2.75) is 23.9 Å². The van der Waals surface area contributed by atoms with E-state index in [1.165, 1.54) is 48.5 Å². The van der Waals surface area contributed by atoms with Gasteiger partial charge in [0.05, 0.1) is 0 Å². The molecule has 0 aliphatic carbocycles. The van der Waals surface area contributed by atoms with Crippen LogP contribution in [0.15, 0.2) is 48.5 Å². The zero-order chi connectivity index (χ0) is 22.0. The van der Waals surface area contributed by atoms with Gasteiger partial charge < -0.3 is 29.8 Å². The highest BCUT2D eigenvalue weighted by Gasteiger charge is 2.36. The zero-order valence-electron chi connectivity index (χ0n) is 15.9. The first-order valence-corrected chi connectivity index (χ1v) is 9.00. The molecule has 0 heterocycles. The number of carbonyl (C=O) groups excluding carboxylic acids is 6. The van der Waals surface area contributed by atoms with Crippen molar-refractivity contribution in [1.82, 2.24) is 0 Å². The lowest BCUT2D eigenvalue weighted by molar-refractivity contribution is -0.123.